The Balaban J connectivity index is 1.45. The summed E-state index contributed by atoms with van der Waals surface area (Å²) in [5, 5.41) is 0. The topological polar surface area (TPSA) is 36.9 Å². The molecular weight excluding hydrogens is 244 g/mol. The third kappa shape index (κ3) is 2.33. The van der Waals surface area contributed by atoms with E-state index in [4.69, 9.17) is 18.9 Å². The zero-order valence-corrected chi connectivity index (χ0v) is 11.5. The van der Waals surface area contributed by atoms with Crippen LogP contribution in [0.1, 0.15) is 51.4 Å². The third-order valence-electron chi connectivity index (χ3n) is 5.22. The predicted octanol–water partition coefficient (Wildman–Crippen LogP) is 2.81. The molecule has 2 saturated heterocycles. The van der Waals surface area contributed by atoms with E-state index in [1.165, 1.54) is 38.5 Å². The summed E-state index contributed by atoms with van der Waals surface area (Å²) in [6.07, 6.45) is 9.14. The van der Waals surface area contributed by atoms with Crippen LogP contribution in [-0.4, -0.2) is 31.6 Å². The van der Waals surface area contributed by atoms with E-state index in [0.29, 0.717) is 11.8 Å². The zero-order chi connectivity index (χ0) is 12.7. The van der Waals surface area contributed by atoms with Gasteiger partial charge in [-0.05, 0) is 25.7 Å². The van der Waals surface area contributed by atoms with Gasteiger partial charge in [-0.2, -0.15) is 0 Å². The Hall–Kier alpha value is -0.160. The molecule has 4 nitrogen and oxygen atoms in total. The normalized spacial score (nSPS) is 50.5. The van der Waals surface area contributed by atoms with Gasteiger partial charge in [0.25, 0.3) is 0 Å². The smallest absolute Gasteiger partial charge is 0.303 e. The predicted molar refractivity (Wildman–Crippen MR) is 68.3 cm³/mol. The second-order valence-electron chi connectivity index (χ2n) is 6.52. The van der Waals surface area contributed by atoms with Crippen molar-refractivity contribution in [3.8, 4) is 0 Å². The van der Waals surface area contributed by atoms with Gasteiger partial charge in [0.1, 0.15) is 0 Å². The van der Waals surface area contributed by atoms with Crippen LogP contribution in [0.25, 0.3) is 0 Å². The summed E-state index contributed by atoms with van der Waals surface area (Å²) in [6, 6.07) is 0. The van der Waals surface area contributed by atoms with Gasteiger partial charge in [0.05, 0.1) is 25.4 Å². The van der Waals surface area contributed by atoms with Gasteiger partial charge in [-0.1, -0.05) is 25.7 Å². The van der Waals surface area contributed by atoms with Crippen molar-refractivity contribution < 1.29 is 18.9 Å². The van der Waals surface area contributed by atoms with Gasteiger partial charge in [0.15, 0.2) is 0 Å². The average molecular weight is 268 g/mol. The molecule has 0 radical (unpaired) electrons. The van der Waals surface area contributed by atoms with Crippen molar-refractivity contribution in [1.29, 1.82) is 0 Å². The van der Waals surface area contributed by atoms with E-state index >= 15 is 0 Å². The van der Waals surface area contributed by atoms with Crippen LogP contribution >= 0.6 is 0 Å². The quantitative estimate of drug-likeness (QED) is 0.677. The van der Waals surface area contributed by atoms with E-state index in [1.54, 1.807) is 0 Å². The van der Waals surface area contributed by atoms with E-state index in [1.807, 2.05) is 0 Å². The Labute approximate surface area is 114 Å². The van der Waals surface area contributed by atoms with Crippen LogP contribution in [0.5, 0.6) is 0 Å². The molecule has 0 aromatic carbocycles. The van der Waals surface area contributed by atoms with Crippen LogP contribution in [0.4, 0.5) is 0 Å². The molecule has 2 aliphatic heterocycles. The number of hydrogen-bond donors (Lipinski definition) is 0. The maximum absolute atomic E-state index is 6.10. The molecular formula is C15H24O4. The maximum Gasteiger partial charge on any atom is 0.413 e. The number of ether oxygens (including phenoxy) is 4. The molecule has 0 N–H and O–H groups in total. The molecule has 0 bridgehead atoms. The molecule has 19 heavy (non-hydrogen) atoms. The zero-order valence-electron chi connectivity index (χ0n) is 11.5. The Bertz CT molecular complexity index is 300. The van der Waals surface area contributed by atoms with E-state index in [9.17, 15) is 0 Å². The van der Waals surface area contributed by atoms with Crippen LogP contribution < -0.4 is 0 Å². The summed E-state index contributed by atoms with van der Waals surface area (Å²) >= 11 is 0. The van der Waals surface area contributed by atoms with Crippen molar-refractivity contribution >= 4 is 0 Å². The Morgan fingerprint density at radius 2 is 1.11 bits per heavy atom. The third-order valence-corrected chi connectivity index (χ3v) is 5.22. The van der Waals surface area contributed by atoms with Crippen molar-refractivity contribution in [3.63, 3.8) is 0 Å². The molecule has 0 amide bonds. The summed E-state index contributed by atoms with van der Waals surface area (Å²) in [4.78, 5) is 0. The van der Waals surface area contributed by atoms with Gasteiger partial charge in [0, 0.05) is 11.8 Å². The Morgan fingerprint density at radius 1 is 0.632 bits per heavy atom. The molecule has 2 unspecified atom stereocenters. The minimum Gasteiger partial charge on any atom is -0.303 e. The highest BCUT2D eigenvalue weighted by atomic mass is 17.0. The van der Waals surface area contributed by atoms with Crippen LogP contribution in [0, 0.1) is 11.8 Å². The highest BCUT2D eigenvalue weighted by molar-refractivity contribution is 4.83. The lowest BCUT2D eigenvalue weighted by Gasteiger charge is -2.50. The molecule has 2 heterocycles. The lowest BCUT2D eigenvalue weighted by Crippen LogP contribution is -2.59. The number of hydrogen-bond acceptors (Lipinski definition) is 4. The minimum atomic E-state index is -1.17. The SMILES string of the molecule is C1CC[C@@H]2COC3(OC[C@H]4CCCCC4O3)OC2C1. The molecule has 4 atom stereocenters. The van der Waals surface area contributed by atoms with Crippen molar-refractivity contribution in [2.45, 2.75) is 69.7 Å². The Morgan fingerprint density at radius 3 is 1.63 bits per heavy atom. The first-order valence-electron chi connectivity index (χ1n) is 7.98. The highest BCUT2D eigenvalue weighted by Crippen LogP contribution is 2.42. The van der Waals surface area contributed by atoms with E-state index < -0.39 is 6.16 Å². The van der Waals surface area contributed by atoms with Crippen molar-refractivity contribution in [2.24, 2.45) is 11.8 Å². The molecule has 4 rings (SSSR count). The second-order valence-corrected chi connectivity index (χ2v) is 6.52. The summed E-state index contributed by atoms with van der Waals surface area (Å²) in [5.41, 5.74) is 0. The summed E-state index contributed by atoms with van der Waals surface area (Å²) < 4.78 is 23.9. The molecule has 4 aliphatic rings. The van der Waals surface area contributed by atoms with E-state index in [-0.39, 0.29) is 12.2 Å². The standard InChI is InChI=1S/C15H24O4/c1-3-7-13-11(5-1)9-16-15(18-13)17-10-12-6-2-4-8-14(12)19-15/h11-14H,1-10H2/t11-,12-,13?,14?,15?/m1/s1. The number of fused-ring (bicyclic) bond motifs is 2. The van der Waals surface area contributed by atoms with Crippen LogP contribution in [0.3, 0.4) is 0 Å². The summed E-state index contributed by atoms with van der Waals surface area (Å²) in [7, 11) is 0. The van der Waals surface area contributed by atoms with Crippen molar-refractivity contribution in [1.82, 2.24) is 0 Å². The summed E-state index contributed by atoms with van der Waals surface area (Å²) in [6.45, 7) is 1.45. The minimum absolute atomic E-state index is 0.266. The fourth-order valence-corrected chi connectivity index (χ4v) is 4.03. The first-order valence-corrected chi connectivity index (χ1v) is 7.98. The highest BCUT2D eigenvalue weighted by Gasteiger charge is 2.52. The van der Waals surface area contributed by atoms with Gasteiger partial charge in [0.2, 0.25) is 0 Å². The van der Waals surface area contributed by atoms with Gasteiger partial charge in [-0.15, -0.1) is 0 Å². The molecule has 0 aromatic rings. The van der Waals surface area contributed by atoms with E-state index in [0.717, 1.165) is 26.1 Å². The van der Waals surface area contributed by atoms with Gasteiger partial charge in [-0.25, -0.2) is 0 Å². The van der Waals surface area contributed by atoms with E-state index in [2.05, 4.69) is 0 Å². The molecule has 4 heteroatoms. The monoisotopic (exact) mass is 268 g/mol. The number of rotatable bonds is 0. The van der Waals surface area contributed by atoms with Crippen LogP contribution in [0.15, 0.2) is 0 Å². The van der Waals surface area contributed by atoms with Crippen molar-refractivity contribution in [3.05, 3.63) is 0 Å². The fourth-order valence-electron chi connectivity index (χ4n) is 4.03. The van der Waals surface area contributed by atoms with Gasteiger partial charge in [-0.3, -0.25) is 9.47 Å². The lowest BCUT2D eigenvalue weighted by molar-refractivity contribution is -0.559. The molecule has 0 aromatic heterocycles. The summed E-state index contributed by atoms with van der Waals surface area (Å²) in [5.74, 6) is 1.08. The van der Waals surface area contributed by atoms with Crippen LogP contribution in [-0.2, 0) is 18.9 Å². The maximum atomic E-state index is 6.10. The average Bonchev–Trinajstić information content (AvgIpc) is 2.47. The fraction of sp³-hybridized carbons (Fsp3) is 1.00. The largest absolute Gasteiger partial charge is 0.413 e. The second kappa shape index (κ2) is 4.99. The molecule has 4 fully saturated rings. The van der Waals surface area contributed by atoms with Crippen LogP contribution in [0.2, 0.25) is 0 Å². The molecule has 2 saturated carbocycles. The van der Waals surface area contributed by atoms with Gasteiger partial charge < -0.3 is 9.47 Å². The lowest BCUT2D eigenvalue weighted by atomic mass is 9.86. The first-order chi connectivity index (χ1) is 9.35. The first kappa shape index (κ1) is 12.6. The Kier molecular flexibility index (Phi) is 3.30. The molecule has 108 valence electrons. The molecule has 2 aliphatic carbocycles. The molecule has 1 spiro atoms. The van der Waals surface area contributed by atoms with Crippen molar-refractivity contribution in [2.75, 3.05) is 13.2 Å². The van der Waals surface area contributed by atoms with Gasteiger partial charge >= 0.3 is 6.16 Å².